The molecule has 2 rings (SSSR count). The Bertz CT molecular complexity index is 520. The van der Waals surface area contributed by atoms with E-state index in [1.807, 2.05) is 27.8 Å². The first kappa shape index (κ1) is 15.3. The van der Waals surface area contributed by atoms with Crippen molar-refractivity contribution in [2.24, 2.45) is 7.05 Å². The highest BCUT2D eigenvalue weighted by Crippen LogP contribution is 2.22. The third-order valence-electron chi connectivity index (χ3n) is 4.09. The predicted octanol–water partition coefficient (Wildman–Crippen LogP) is 1.80. The zero-order valence-corrected chi connectivity index (χ0v) is 13.4. The first-order valence-electron chi connectivity index (χ1n) is 6.92. The first-order chi connectivity index (χ1) is 9.35. The zero-order valence-electron chi connectivity index (χ0n) is 12.6. The van der Waals surface area contributed by atoms with E-state index in [-0.39, 0.29) is 5.54 Å². The second-order valence-electron chi connectivity index (χ2n) is 5.91. The quantitative estimate of drug-likeness (QED) is 0.853. The Morgan fingerprint density at radius 1 is 1.30 bits per heavy atom. The van der Waals surface area contributed by atoms with Crippen molar-refractivity contribution in [1.29, 1.82) is 5.26 Å². The molecule has 1 aliphatic rings. The Morgan fingerprint density at radius 2 is 1.90 bits per heavy atom. The van der Waals surface area contributed by atoms with Crippen LogP contribution in [0.25, 0.3) is 0 Å². The van der Waals surface area contributed by atoms with E-state index in [1.165, 1.54) is 0 Å². The molecule has 1 aliphatic heterocycles. The van der Waals surface area contributed by atoms with Crippen LogP contribution in [0, 0.1) is 18.3 Å². The van der Waals surface area contributed by atoms with E-state index < -0.39 is 0 Å². The average molecular weight is 296 g/mol. The SMILES string of the molecule is Cc1nn(C)c(Cl)c1CN1CCN(C(C)(C)C#N)CC1. The van der Waals surface area contributed by atoms with Gasteiger partial charge in [0.05, 0.1) is 11.8 Å². The molecule has 1 aromatic rings. The Morgan fingerprint density at radius 3 is 2.35 bits per heavy atom. The molecule has 6 heteroatoms. The molecule has 5 nitrogen and oxygen atoms in total. The first-order valence-corrected chi connectivity index (χ1v) is 7.29. The van der Waals surface area contributed by atoms with Crippen molar-refractivity contribution in [2.75, 3.05) is 26.2 Å². The molecule has 0 aliphatic carbocycles. The Labute approximate surface area is 125 Å². The van der Waals surface area contributed by atoms with Crippen LogP contribution in [0.2, 0.25) is 5.15 Å². The molecule has 1 aromatic heterocycles. The highest BCUT2D eigenvalue weighted by Gasteiger charge is 2.30. The number of nitriles is 1. The zero-order chi connectivity index (χ0) is 14.9. The molecule has 0 N–H and O–H groups in total. The molecule has 2 heterocycles. The van der Waals surface area contributed by atoms with Crippen LogP contribution in [-0.4, -0.2) is 51.3 Å². The van der Waals surface area contributed by atoms with Crippen molar-refractivity contribution < 1.29 is 0 Å². The summed E-state index contributed by atoms with van der Waals surface area (Å²) in [4.78, 5) is 4.61. The number of rotatable bonds is 3. The summed E-state index contributed by atoms with van der Waals surface area (Å²) in [7, 11) is 1.87. The van der Waals surface area contributed by atoms with Crippen LogP contribution in [0.15, 0.2) is 0 Å². The summed E-state index contributed by atoms with van der Waals surface area (Å²) < 4.78 is 1.72. The van der Waals surface area contributed by atoms with E-state index in [1.54, 1.807) is 4.68 Å². The lowest BCUT2D eigenvalue weighted by Crippen LogP contribution is -2.53. The second kappa shape index (κ2) is 5.72. The lowest BCUT2D eigenvalue weighted by Gasteiger charge is -2.40. The molecule has 0 spiro atoms. The van der Waals surface area contributed by atoms with Gasteiger partial charge in [0, 0.05) is 45.3 Å². The van der Waals surface area contributed by atoms with Crippen molar-refractivity contribution >= 4 is 11.6 Å². The van der Waals surface area contributed by atoms with Gasteiger partial charge in [0.25, 0.3) is 0 Å². The summed E-state index contributed by atoms with van der Waals surface area (Å²) in [5, 5.41) is 14.3. The van der Waals surface area contributed by atoms with Gasteiger partial charge in [-0.3, -0.25) is 14.5 Å². The van der Waals surface area contributed by atoms with Crippen LogP contribution < -0.4 is 0 Å². The number of nitrogens with zero attached hydrogens (tertiary/aromatic N) is 5. The molecule has 0 bridgehead atoms. The van der Waals surface area contributed by atoms with Crippen LogP contribution in [0.4, 0.5) is 0 Å². The molecule has 1 saturated heterocycles. The monoisotopic (exact) mass is 295 g/mol. The van der Waals surface area contributed by atoms with E-state index >= 15 is 0 Å². The smallest absolute Gasteiger partial charge is 0.131 e. The van der Waals surface area contributed by atoms with E-state index in [2.05, 4.69) is 21.0 Å². The van der Waals surface area contributed by atoms with Crippen molar-refractivity contribution in [3.63, 3.8) is 0 Å². The van der Waals surface area contributed by atoms with Crippen LogP contribution in [0.5, 0.6) is 0 Å². The van der Waals surface area contributed by atoms with Crippen LogP contribution >= 0.6 is 11.6 Å². The van der Waals surface area contributed by atoms with Gasteiger partial charge in [-0.2, -0.15) is 10.4 Å². The fourth-order valence-corrected chi connectivity index (χ4v) is 2.85. The Kier molecular flexibility index (Phi) is 4.38. The highest BCUT2D eigenvalue weighted by molar-refractivity contribution is 6.30. The van der Waals surface area contributed by atoms with Crippen LogP contribution in [0.1, 0.15) is 25.1 Å². The molecule has 0 aromatic carbocycles. The normalized spacial score (nSPS) is 18.2. The number of aromatic nitrogens is 2. The van der Waals surface area contributed by atoms with Gasteiger partial charge in [0.15, 0.2) is 0 Å². The molecular formula is C14H22ClN5. The maximum absolute atomic E-state index is 9.19. The highest BCUT2D eigenvalue weighted by atomic mass is 35.5. The number of aryl methyl sites for hydroxylation is 2. The summed E-state index contributed by atoms with van der Waals surface area (Å²) >= 11 is 6.28. The maximum Gasteiger partial charge on any atom is 0.131 e. The minimum absolute atomic E-state index is 0.381. The van der Waals surface area contributed by atoms with Crippen LogP contribution in [-0.2, 0) is 13.6 Å². The second-order valence-corrected chi connectivity index (χ2v) is 6.27. The minimum Gasteiger partial charge on any atom is -0.296 e. The topological polar surface area (TPSA) is 48.1 Å². The minimum atomic E-state index is -0.381. The fourth-order valence-electron chi connectivity index (χ4n) is 2.61. The number of piperazine rings is 1. The molecule has 0 atom stereocenters. The third kappa shape index (κ3) is 2.98. The summed E-state index contributed by atoms with van der Waals surface area (Å²) in [6, 6.07) is 2.37. The van der Waals surface area contributed by atoms with Gasteiger partial charge in [-0.05, 0) is 20.8 Å². The lowest BCUT2D eigenvalue weighted by atomic mass is 10.0. The van der Waals surface area contributed by atoms with Gasteiger partial charge in [-0.15, -0.1) is 0 Å². The molecule has 0 radical (unpaired) electrons. The molecule has 0 amide bonds. The number of hydrogen-bond donors (Lipinski definition) is 0. The summed E-state index contributed by atoms with van der Waals surface area (Å²) in [5.74, 6) is 0. The van der Waals surface area contributed by atoms with Gasteiger partial charge in [-0.25, -0.2) is 0 Å². The average Bonchev–Trinajstić information content (AvgIpc) is 2.66. The van der Waals surface area contributed by atoms with Crippen molar-refractivity contribution in [1.82, 2.24) is 19.6 Å². The van der Waals surface area contributed by atoms with Crippen molar-refractivity contribution in [2.45, 2.75) is 32.9 Å². The van der Waals surface area contributed by atoms with E-state index in [9.17, 15) is 5.26 Å². The van der Waals surface area contributed by atoms with Gasteiger partial charge in [-0.1, -0.05) is 11.6 Å². The largest absolute Gasteiger partial charge is 0.296 e. The molecule has 0 unspecified atom stereocenters. The third-order valence-corrected chi connectivity index (χ3v) is 4.56. The molecule has 110 valence electrons. The summed E-state index contributed by atoms with van der Waals surface area (Å²) in [6.07, 6.45) is 0. The van der Waals surface area contributed by atoms with E-state index in [0.29, 0.717) is 0 Å². The standard InChI is InChI=1S/C14H22ClN5/c1-11-12(13(15)18(4)17-11)9-19-5-7-20(8-6-19)14(2,3)10-16/h5-9H2,1-4H3. The van der Waals surface area contributed by atoms with Gasteiger partial charge >= 0.3 is 0 Å². The van der Waals surface area contributed by atoms with Crippen molar-refractivity contribution in [3.05, 3.63) is 16.4 Å². The summed E-state index contributed by atoms with van der Waals surface area (Å²) in [6.45, 7) is 10.5. The number of hydrogen-bond acceptors (Lipinski definition) is 4. The predicted molar refractivity (Wildman–Crippen MR) is 79.5 cm³/mol. The van der Waals surface area contributed by atoms with Gasteiger partial charge < -0.3 is 0 Å². The fraction of sp³-hybridized carbons (Fsp3) is 0.714. The Balaban J connectivity index is 1.97. The van der Waals surface area contributed by atoms with E-state index in [0.717, 1.165) is 49.1 Å². The molecule has 0 saturated carbocycles. The molecular weight excluding hydrogens is 274 g/mol. The lowest BCUT2D eigenvalue weighted by molar-refractivity contribution is 0.0763. The Hall–Kier alpha value is -1.09. The van der Waals surface area contributed by atoms with Crippen molar-refractivity contribution in [3.8, 4) is 6.07 Å². The van der Waals surface area contributed by atoms with Gasteiger partial charge in [0.2, 0.25) is 0 Å². The molecule has 1 fully saturated rings. The number of halogens is 1. The summed E-state index contributed by atoms with van der Waals surface area (Å²) in [5.41, 5.74) is 1.73. The van der Waals surface area contributed by atoms with E-state index in [4.69, 9.17) is 11.6 Å². The maximum atomic E-state index is 9.19. The van der Waals surface area contributed by atoms with Crippen LogP contribution in [0.3, 0.4) is 0 Å². The molecule has 20 heavy (non-hydrogen) atoms. The van der Waals surface area contributed by atoms with Gasteiger partial charge in [0.1, 0.15) is 10.7 Å².